The molecule has 1 rings (SSSR count). The van der Waals surface area contributed by atoms with E-state index in [-0.39, 0.29) is 5.69 Å². The molecule has 0 heterocycles. The fourth-order valence-electron chi connectivity index (χ4n) is 1.35. The lowest BCUT2D eigenvalue weighted by Gasteiger charge is -2.13. The number of amides is 1. The molecular weight excluding hydrogens is 299 g/mol. The minimum Gasteiger partial charge on any atom is -0.478 e. The maximum Gasteiger partial charge on any atom is 0.417 e. The van der Waals surface area contributed by atoms with Crippen molar-refractivity contribution in [1.29, 1.82) is 0 Å². The lowest BCUT2D eigenvalue weighted by molar-refractivity contribution is -0.137. The normalized spacial score (nSPS) is 11.7. The Hall–Kier alpha value is -2.02. The molecule has 8 heteroatoms. The first-order valence-corrected chi connectivity index (χ1v) is 5.58. The zero-order chi connectivity index (χ0) is 15.5. The van der Waals surface area contributed by atoms with Gasteiger partial charge in [0.25, 0.3) is 0 Å². The molecule has 0 unspecified atom stereocenters. The summed E-state index contributed by atoms with van der Waals surface area (Å²) in [4.78, 5) is 21.6. The van der Waals surface area contributed by atoms with E-state index in [1.807, 2.05) is 0 Å². The molecule has 20 heavy (non-hydrogen) atoms. The molecule has 2 N–H and O–H groups in total. The molecule has 4 nitrogen and oxygen atoms in total. The number of carbonyl (C=O) groups is 2. The van der Waals surface area contributed by atoms with Crippen LogP contribution in [0.25, 0.3) is 0 Å². The van der Waals surface area contributed by atoms with E-state index in [9.17, 15) is 22.8 Å². The van der Waals surface area contributed by atoms with E-state index in [4.69, 9.17) is 16.7 Å². The summed E-state index contributed by atoms with van der Waals surface area (Å²) in [6.07, 6.45) is -3.38. The Morgan fingerprint density at radius 3 is 2.40 bits per heavy atom. The minimum atomic E-state index is -4.65. The van der Waals surface area contributed by atoms with Gasteiger partial charge in [-0.25, -0.2) is 4.79 Å². The number of aliphatic carboxylic acids is 1. The molecule has 1 aromatic rings. The lowest BCUT2D eigenvalue weighted by Crippen LogP contribution is -2.12. The second kappa shape index (κ2) is 5.96. The van der Waals surface area contributed by atoms with Crippen molar-refractivity contribution in [3.8, 4) is 0 Å². The number of carboxylic acids is 1. The summed E-state index contributed by atoms with van der Waals surface area (Å²) >= 11 is 5.50. The average molecular weight is 308 g/mol. The summed E-state index contributed by atoms with van der Waals surface area (Å²) in [5.41, 5.74) is -0.857. The van der Waals surface area contributed by atoms with E-state index in [0.29, 0.717) is 23.8 Å². The Morgan fingerprint density at radius 2 is 1.90 bits per heavy atom. The van der Waals surface area contributed by atoms with Gasteiger partial charge in [0, 0.05) is 17.8 Å². The van der Waals surface area contributed by atoms with Gasteiger partial charge in [0.1, 0.15) is 0 Å². The lowest BCUT2D eigenvalue weighted by atomic mass is 10.1. The van der Waals surface area contributed by atoms with Gasteiger partial charge in [0.15, 0.2) is 0 Å². The molecule has 0 saturated carbocycles. The van der Waals surface area contributed by atoms with E-state index >= 15 is 0 Å². The van der Waals surface area contributed by atoms with Crippen LogP contribution in [0.5, 0.6) is 0 Å². The van der Waals surface area contributed by atoms with Crippen LogP contribution >= 0.6 is 11.6 Å². The van der Waals surface area contributed by atoms with Crippen molar-refractivity contribution in [2.75, 3.05) is 5.32 Å². The van der Waals surface area contributed by atoms with Crippen LogP contribution in [0.1, 0.15) is 11.1 Å². The molecule has 0 aromatic heterocycles. The number of hydrogen-bond donors (Lipinski definition) is 2. The number of halogens is 4. The zero-order valence-electron chi connectivity index (χ0n) is 10.1. The van der Waals surface area contributed by atoms with Gasteiger partial charge in [-0.3, -0.25) is 4.79 Å². The number of aryl methyl sites for hydroxylation is 1. The van der Waals surface area contributed by atoms with Crippen molar-refractivity contribution < 1.29 is 27.9 Å². The second-order valence-electron chi connectivity index (χ2n) is 3.81. The van der Waals surface area contributed by atoms with Crippen molar-refractivity contribution in [2.45, 2.75) is 13.1 Å². The highest BCUT2D eigenvalue weighted by atomic mass is 35.5. The maximum absolute atomic E-state index is 12.7. The predicted molar refractivity (Wildman–Crippen MR) is 66.6 cm³/mol. The number of carbonyl (C=O) groups excluding carboxylic acids is 1. The standard InChI is InChI=1S/C12H9ClF3NO3/c1-6-4-8(13)7(12(14,15)16)5-9(6)17-10(18)2-3-11(19)20/h2-5H,1H3,(H,17,18)(H,19,20). The Morgan fingerprint density at radius 1 is 1.30 bits per heavy atom. The topological polar surface area (TPSA) is 66.4 Å². The molecule has 0 saturated heterocycles. The molecule has 1 aromatic carbocycles. The van der Waals surface area contributed by atoms with Crippen molar-refractivity contribution in [1.82, 2.24) is 0 Å². The first-order chi connectivity index (χ1) is 9.11. The molecule has 108 valence electrons. The summed E-state index contributed by atoms with van der Waals surface area (Å²) in [6, 6.07) is 1.77. The van der Waals surface area contributed by atoms with Gasteiger partial charge < -0.3 is 10.4 Å². The summed E-state index contributed by atoms with van der Waals surface area (Å²) in [5.74, 6) is -2.20. The number of rotatable bonds is 3. The maximum atomic E-state index is 12.7. The number of hydrogen-bond acceptors (Lipinski definition) is 2. The molecule has 0 aliphatic rings. The number of carboxylic acid groups (broad SMARTS) is 1. The Balaban J connectivity index is 3.07. The average Bonchev–Trinajstić information content (AvgIpc) is 2.28. The van der Waals surface area contributed by atoms with Crippen LogP contribution in [0.3, 0.4) is 0 Å². The van der Waals surface area contributed by atoms with Gasteiger partial charge >= 0.3 is 12.1 Å². The van der Waals surface area contributed by atoms with Gasteiger partial charge in [-0.05, 0) is 24.6 Å². The zero-order valence-corrected chi connectivity index (χ0v) is 10.8. The van der Waals surface area contributed by atoms with Crippen LogP contribution < -0.4 is 5.32 Å². The quantitative estimate of drug-likeness (QED) is 0.842. The van der Waals surface area contributed by atoms with Crippen LogP contribution in [0, 0.1) is 6.92 Å². The fourth-order valence-corrected chi connectivity index (χ4v) is 1.67. The van der Waals surface area contributed by atoms with Gasteiger partial charge in [-0.2, -0.15) is 13.2 Å². The van der Waals surface area contributed by atoms with Gasteiger partial charge in [0.2, 0.25) is 5.91 Å². The van der Waals surface area contributed by atoms with Gasteiger partial charge in [-0.1, -0.05) is 11.6 Å². The van der Waals surface area contributed by atoms with Crippen molar-refractivity contribution in [2.24, 2.45) is 0 Å². The van der Waals surface area contributed by atoms with Crippen LogP contribution in [0.2, 0.25) is 5.02 Å². The largest absolute Gasteiger partial charge is 0.478 e. The Bertz CT molecular complexity index is 582. The first-order valence-electron chi connectivity index (χ1n) is 5.20. The summed E-state index contributed by atoms with van der Waals surface area (Å²) in [7, 11) is 0. The number of nitrogens with one attached hydrogen (secondary N) is 1. The summed E-state index contributed by atoms with van der Waals surface area (Å²) in [6.45, 7) is 1.46. The van der Waals surface area contributed by atoms with E-state index in [1.165, 1.54) is 6.92 Å². The van der Waals surface area contributed by atoms with Crippen molar-refractivity contribution in [3.63, 3.8) is 0 Å². The molecule has 0 spiro atoms. The number of benzene rings is 1. The molecule has 0 bridgehead atoms. The van der Waals surface area contributed by atoms with Crippen LogP contribution in [-0.4, -0.2) is 17.0 Å². The highest BCUT2D eigenvalue weighted by Crippen LogP contribution is 2.37. The SMILES string of the molecule is Cc1cc(Cl)c(C(F)(F)F)cc1NC(=O)C=CC(=O)O. The monoisotopic (exact) mass is 307 g/mol. The third-order valence-corrected chi connectivity index (χ3v) is 2.57. The summed E-state index contributed by atoms with van der Waals surface area (Å²) in [5, 5.41) is 10.0. The molecule has 0 atom stereocenters. The van der Waals surface area contributed by atoms with Crippen LogP contribution in [0.15, 0.2) is 24.3 Å². The third-order valence-electron chi connectivity index (χ3n) is 2.25. The smallest absolute Gasteiger partial charge is 0.417 e. The second-order valence-corrected chi connectivity index (χ2v) is 4.21. The molecular formula is C12H9ClF3NO3. The highest BCUT2D eigenvalue weighted by molar-refractivity contribution is 6.31. The third kappa shape index (κ3) is 4.27. The molecule has 0 aliphatic carbocycles. The molecule has 0 fully saturated rings. The van der Waals surface area contributed by atoms with E-state index in [0.717, 1.165) is 6.07 Å². The van der Waals surface area contributed by atoms with E-state index in [2.05, 4.69) is 5.32 Å². The molecule has 1 amide bonds. The van der Waals surface area contributed by atoms with E-state index < -0.39 is 28.6 Å². The molecule has 0 radical (unpaired) electrons. The van der Waals surface area contributed by atoms with Gasteiger partial charge in [-0.15, -0.1) is 0 Å². The van der Waals surface area contributed by atoms with E-state index in [1.54, 1.807) is 0 Å². The summed E-state index contributed by atoms with van der Waals surface area (Å²) < 4.78 is 38.0. The number of alkyl halides is 3. The molecule has 0 aliphatic heterocycles. The predicted octanol–water partition coefficient (Wildman–Crippen LogP) is 3.25. The van der Waals surface area contributed by atoms with Crippen molar-refractivity contribution in [3.05, 3.63) is 40.4 Å². The first kappa shape index (κ1) is 16.0. The van der Waals surface area contributed by atoms with Crippen molar-refractivity contribution >= 4 is 29.2 Å². The van der Waals surface area contributed by atoms with Gasteiger partial charge in [0.05, 0.1) is 10.6 Å². The highest BCUT2D eigenvalue weighted by Gasteiger charge is 2.33. The Labute approximate surface area is 116 Å². The minimum absolute atomic E-state index is 0.0956. The number of anilines is 1. The van der Waals surface area contributed by atoms with Crippen LogP contribution in [0.4, 0.5) is 18.9 Å². The van der Waals surface area contributed by atoms with Crippen LogP contribution in [-0.2, 0) is 15.8 Å². The fraction of sp³-hybridized carbons (Fsp3) is 0.167. The Kier molecular flexibility index (Phi) is 4.78.